The normalized spacial score (nSPS) is 13.9. The van der Waals surface area contributed by atoms with Crippen molar-refractivity contribution in [3.63, 3.8) is 0 Å². The zero-order chi connectivity index (χ0) is 14.4. The molecule has 0 saturated carbocycles. The van der Waals surface area contributed by atoms with Crippen molar-refractivity contribution in [2.24, 2.45) is 17.6 Å². The predicted molar refractivity (Wildman–Crippen MR) is 72.3 cm³/mol. The molecule has 1 aromatic carbocycles. The van der Waals surface area contributed by atoms with Gasteiger partial charge in [-0.25, -0.2) is 0 Å². The molecule has 0 aliphatic heterocycles. The smallest absolute Gasteiger partial charge is 0.308 e. The summed E-state index contributed by atoms with van der Waals surface area (Å²) in [4.78, 5) is 22.9. The highest BCUT2D eigenvalue weighted by Gasteiger charge is 2.23. The minimum atomic E-state index is -0.913. The zero-order valence-corrected chi connectivity index (χ0v) is 11.2. The fourth-order valence-electron chi connectivity index (χ4n) is 1.74. The average Bonchev–Trinajstić information content (AvgIpc) is 2.38. The highest BCUT2D eigenvalue weighted by atomic mass is 16.4. The fourth-order valence-corrected chi connectivity index (χ4v) is 1.74. The van der Waals surface area contributed by atoms with Gasteiger partial charge in [-0.2, -0.15) is 0 Å². The number of hydrogen-bond donors (Lipinski definition) is 3. The van der Waals surface area contributed by atoms with Crippen molar-refractivity contribution in [3.05, 3.63) is 35.9 Å². The lowest BCUT2D eigenvalue weighted by Gasteiger charge is -2.18. The highest BCUT2D eigenvalue weighted by Crippen LogP contribution is 2.12. The van der Waals surface area contributed by atoms with Crippen molar-refractivity contribution in [2.45, 2.75) is 19.9 Å². The van der Waals surface area contributed by atoms with Gasteiger partial charge >= 0.3 is 5.97 Å². The number of hydrogen-bond acceptors (Lipinski definition) is 3. The number of nitrogens with one attached hydrogen (secondary N) is 1. The number of carbonyl (C=O) groups is 2. The predicted octanol–water partition coefficient (Wildman–Crippen LogP) is 1.16. The van der Waals surface area contributed by atoms with Crippen LogP contribution in [0.1, 0.15) is 25.5 Å². The van der Waals surface area contributed by atoms with Gasteiger partial charge in [-0.3, -0.25) is 9.59 Å². The van der Waals surface area contributed by atoms with Crippen molar-refractivity contribution in [3.8, 4) is 0 Å². The lowest BCUT2D eigenvalue weighted by atomic mass is 9.96. The van der Waals surface area contributed by atoms with Crippen LogP contribution in [-0.2, 0) is 9.59 Å². The summed E-state index contributed by atoms with van der Waals surface area (Å²) < 4.78 is 0. The SMILES string of the molecule is CC(C)C(CNC(=O)[C@@H](N)c1ccccc1)C(=O)O. The minimum Gasteiger partial charge on any atom is -0.481 e. The van der Waals surface area contributed by atoms with Crippen LogP contribution in [0.3, 0.4) is 0 Å². The number of nitrogens with two attached hydrogens (primary N) is 1. The van der Waals surface area contributed by atoms with Crippen molar-refractivity contribution in [2.75, 3.05) is 6.54 Å². The van der Waals surface area contributed by atoms with E-state index in [0.717, 1.165) is 0 Å². The summed E-state index contributed by atoms with van der Waals surface area (Å²) in [6.07, 6.45) is 0. The van der Waals surface area contributed by atoms with Crippen LogP contribution in [0.5, 0.6) is 0 Å². The van der Waals surface area contributed by atoms with Gasteiger partial charge in [-0.15, -0.1) is 0 Å². The van der Waals surface area contributed by atoms with Crippen LogP contribution < -0.4 is 11.1 Å². The van der Waals surface area contributed by atoms with Gasteiger partial charge in [0, 0.05) is 6.54 Å². The van der Waals surface area contributed by atoms with E-state index in [1.807, 2.05) is 19.9 Å². The van der Waals surface area contributed by atoms with Crippen LogP contribution in [0.2, 0.25) is 0 Å². The number of benzene rings is 1. The zero-order valence-electron chi connectivity index (χ0n) is 11.2. The second-order valence-electron chi connectivity index (χ2n) is 4.82. The van der Waals surface area contributed by atoms with Gasteiger partial charge in [0.15, 0.2) is 0 Å². The average molecular weight is 264 g/mol. The number of rotatable bonds is 6. The van der Waals surface area contributed by atoms with Gasteiger partial charge in [0.1, 0.15) is 6.04 Å². The molecule has 0 bridgehead atoms. The van der Waals surface area contributed by atoms with Gasteiger partial charge in [-0.05, 0) is 11.5 Å². The third-order valence-corrected chi connectivity index (χ3v) is 3.06. The first-order chi connectivity index (χ1) is 8.93. The van der Waals surface area contributed by atoms with Crippen molar-refractivity contribution in [1.29, 1.82) is 0 Å². The Labute approximate surface area is 112 Å². The van der Waals surface area contributed by atoms with Gasteiger partial charge in [0.25, 0.3) is 0 Å². The topological polar surface area (TPSA) is 92.4 Å². The molecule has 0 aliphatic rings. The molecule has 5 nitrogen and oxygen atoms in total. The monoisotopic (exact) mass is 264 g/mol. The Kier molecular flexibility index (Phi) is 5.51. The van der Waals surface area contributed by atoms with Crippen LogP contribution >= 0.6 is 0 Å². The lowest BCUT2D eigenvalue weighted by molar-refractivity contribution is -0.143. The molecule has 1 amide bonds. The van der Waals surface area contributed by atoms with Crippen LogP contribution in [0.4, 0.5) is 0 Å². The molecule has 0 spiro atoms. The maximum atomic E-state index is 11.9. The van der Waals surface area contributed by atoms with Crippen LogP contribution in [0, 0.1) is 11.8 Å². The Morgan fingerprint density at radius 2 is 1.84 bits per heavy atom. The molecule has 0 saturated heterocycles. The van der Waals surface area contributed by atoms with E-state index in [4.69, 9.17) is 10.8 Å². The standard InChI is InChI=1S/C14H20N2O3/c1-9(2)11(14(18)19)8-16-13(17)12(15)10-6-4-3-5-7-10/h3-7,9,11-12H,8,15H2,1-2H3,(H,16,17)(H,18,19)/t11?,12-/m0/s1. The van der Waals surface area contributed by atoms with E-state index < -0.39 is 17.9 Å². The van der Waals surface area contributed by atoms with Crippen molar-refractivity contribution >= 4 is 11.9 Å². The molecular formula is C14H20N2O3. The maximum Gasteiger partial charge on any atom is 0.308 e. The summed E-state index contributed by atoms with van der Waals surface area (Å²) in [7, 11) is 0. The Bertz CT molecular complexity index is 432. The van der Waals surface area contributed by atoms with E-state index in [1.165, 1.54) is 0 Å². The first kappa shape index (κ1) is 15.2. The molecule has 0 fully saturated rings. The molecule has 0 radical (unpaired) electrons. The van der Waals surface area contributed by atoms with Gasteiger partial charge < -0.3 is 16.2 Å². The quantitative estimate of drug-likeness (QED) is 0.719. The van der Waals surface area contributed by atoms with Crippen LogP contribution in [0.15, 0.2) is 30.3 Å². The number of carboxylic acids is 1. The summed E-state index contributed by atoms with van der Waals surface area (Å²) in [6, 6.07) is 8.20. The Balaban J connectivity index is 2.58. The Morgan fingerprint density at radius 3 is 2.32 bits per heavy atom. The summed E-state index contributed by atoms with van der Waals surface area (Å²) in [5.41, 5.74) is 6.52. The molecule has 1 rings (SSSR count). The maximum absolute atomic E-state index is 11.9. The largest absolute Gasteiger partial charge is 0.481 e. The molecule has 19 heavy (non-hydrogen) atoms. The molecule has 4 N–H and O–H groups in total. The number of amides is 1. The van der Waals surface area contributed by atoms with Crippen molar-refractivity contribution in [1.82, 2.24) is 5.32 Å². The van der Waals surface area contributed by atoms with E-state index in [1.54, 1.807) is 24.3 Å². The highest BCUT2D eigenvalue weighted by molar-refractivity contribution is 5.83. The lowest BCUT2D eigenvalue weighted by Crippen LogP contribution is -2.40. The molecule has 1 aromatic rings. The minimum absolute atomic E-state index is 0.0502. The van der Waals surface area contributed by atoms with Gasteiger partial charge in [0.05, 0.1) is 5.92 Å². The molecule has 2 atom stereocenters. The number of carboxylic acid groups (broad SMARTS) is 1. The first-order valence-corrected chi connectivity index (χ1v) is 6.24. The molecule has 0 heterocycles. The van der Waals surface area contributed by atoms with Crippen LogP contribution in [0.25, 0.3) is 0 Å². The Morgan fingerprint density at radius 1 is 1.26 bits per heavy atom. The molecule has 104 valence electrons. The summed E-state index contributed by atoms with van der Waals surface area (Å²) in [5, 5.41) is 11.6. The van der Waals surface area contributed by atoms with Crippen molar-refractivity contribution < 1.29 is 14.7 Å². The van der Waals surface area contributed by atoms with E-state index >= 15 is 0 Å². The first-order valence-electron chi connectivity index (χ1n) is 6.24. The van der Waals surface area contributed by atoms with E-state index in [9.17, 15) is 9.59 Å². The van der Waals surface area contributed by atoms with Gasteiger partial charge in [-0.1, -0.05) is 44.2 Å². The molecular weight excluding hydrogens is 244 g/mol. The summed E-state index contributed by atoms with van der Waals surface area (Å²) in [6.45, 7) is 3.70. The molecule has 1 unspecified atom stereocenters. The fraction of sp³-hybridized carbons (Fsp3) is 0.429. The summed E-state index contributed by atoms with van der Waals surface area (Å²) >= 11 is 0. The molecule has 0 aliphatic carbocycles. The number of aliphatic carboxylic acids is 1. The summed E-state index contributed by atoms with van der Waals surface area (Å²) in [5.74, 6) is -1.93. The second kappa shape index (κ2) is 6.89. The van der Waals surface area contributed by atoms with E-state index in [2.05, 4.69) is 5.32 Å². The molecule has 5 heteroatoms. The van der Waals surface area contributed by atoms with Crippen LogP contribution in [-0.4, -0.2) is 23.5 Å². The van der Waals surface area contributed by atoms with E-state index in [0.29, 0.717) is 5.56 Å². The third kappa shape index (κ3) is 4.37. The van der Waals surface area contributed by atoms with E-state index in [-0.39, 0.29) is 18.4 Å². The molecule has 0 aromatic heterocycles. The second-order valence-corrected chi connectivity index (χ2v) is 4.82. The Hall–Kier alpha value is -1.88. The third-order valence-electron chi connectivity index (χ3n) is 3.06. The van der Waals surface area contributed by atoms with Gasteiger partial charge in [0.2, 0.25) is 5.91 Å². The number of carbonyl (C=O) groups excluding carboxylic acids is 1.